The molecule has 0 unspecified atom stereocenters. The minimum Gasteiger partial charge on any atom is -0.306 e. The number of nitrogens with one attached hydrogen (secondary N) is 1. The third-order valence-corrected chi connectivity index (χ3v) is 6.17. The van der Waals surface area contributed by atoms with Gasteiger partial charge in [-0.05, 0) is 23.6 Å². The van der Waals surface area contributed by atoms with Crippen LogP contribution in [-0.4, -0.2) is 15.3 Å². The Morgan fingerprint density at radius 1 is 0.893 bits per heavy atom. The van der Waals surface area contributed by atoms with Crippen LogP contribution in [0.4, 0.5) is 5.82 Å². The summed E-state index contributed by atoms with van der Waals surface area (Å²) < 4.78 is 2.04. The number of aromatic nitrogens is 2. The van der Waals surface area contributed by atoms with Crippen molar-refractivity contribution >= 4 is 39.4 Å². The summed E-state index contributed by atoms with van der Waals surface area (Å²) in [6.07, 6.45) is 0. The fraction of sp³-hybridized carbons (Fsp3) is 0. The Bertz CT molecular complexity index is 1240. The topological polar surface area (TPSA) is 46.4 Å². The molecule has 0 atom stereocenters. The second kappa shape index (κ2) is 7.07. The van der Waals surface area contributed by atoms with Crippen molar-refractivity contribution in [1.29, 1.82) is 0 Å². The average Bonchev–Trinajstić information content (AvgIpc) is 3.47. The number of fused-ring (bicyclic) bond motifs is 1. The van der Waals surface area contributed by atoms with Gasteiger partial charge in [0.2, 0.25) is 0 Å². The molecule has 0 spiro atoms. The normalized spacial score (nSPS) is 11.0. The first-order valence-electron chi connectivity index (χ1n) is 8.77. The van der Waals surface area contributed by atoms with Crippen LogP contribution in [0.15, 0.2) is 83.6 Å². The zero-order valence-electron chi connectivity index (χ0n) is 14.7. The van der Waals surface area contributed by atoms with Gasteiger partial charge in [-0.25, -0.2) is 4.98 Å². The zero-order valence-corrected chi connectivity index (χ0v) is 16.3. The van der Waals surface area contributed by atoms with Crippen LogP contribution in [0.1, 0.15) is 10.4 Å². The maximum Gasteiger partial charge on any atom is 0.256 e. The molecule has 2 aromatic carbocycles. The summed E-state index contributed by atoms with van der Waals surface area (Å²) in [5.41, 5.74) is 3.39. The largest absolute Gasteiger partial charge is 0.306 e. The third kappa shape index (κ3) is 2.93. The van der Waals surface area contributed by atoms with Gasteiger partial charge in [0.1, 0.15) is 11.5 Å². The van der Waals surface area contributed by atoms with Gasteiger partial charge < -0.3 is 5.32 Å². The average molecular weight is 402 g/mol. The number of hydrogen-bond donors (Lipinski definition) is 1. The molecule has 5 aromatic rings. The number of nitrogens with zero attached hydrogens (tertiary/aromatic N) is 2. The first-order valence-corrected chi connectivity index (χ1v) is 10.5. The van der Waals surface area contributed by atoms with Crippen LogP contribution in [0, 0.1) is 0 Å². The lowest BCUT2D eigenvalue weighted by atomic mass is 10.1. The summed E-state index contributed by atoms with van der Waals surface area (Å²) in [6, 6.07) is 23.3. The summed E-state index contributed by atoms with van der Waals surface area (Å²) >= 11 is 3.24. The number of amides is 1. The van der Waals surface area contributed by atoms with Crippen LogP contribution in [0.2, 0.25) is 0 Å². The first-order chi connectivity index (χ1) is 13.8. The van der Waals surface area contributed by atoms with Crippen molar-refractivity contribution in [3.63, 3.8) is 0 Å². The Morgan fingerprint density at radius 3 is 2.36 bits per heavy atom. The van der Waals surface area contributed by atoms with Crippen molar-refractivity contribution in [2.45, 2.75) is 0 Å². The summed E-state index contributed by atoms with van der Waals surface area (Å²) in [4.78, 5) is 19.7. The number of anilines is 1. The van der Waals surface area contributed by atoms with Gasteiger partial charge in [0, 0.05) is 16.5 Å². The summed E-state index contributed by atoms with van der Waals surface area (Å²) in [5.74, 6) is 0.544. The molecule has 1 N–H and O–H groups in total. The molecule has 6 heteroatoms. The molecular weight excluding hydrogens is 386 g/mol. The van der Waals surface area contributed by atoms with Crippen molar-refractivity contribution in [1.82, 2.24) is 9.38 Å². The smallest absolute Gasteiger partial charge is 0.256 e. The van der Waals surface area contributed by atoms with E-state index in [4.69, 9.17) is 4.98 Å². The van der Waals surface area contributed by atoms with Crippen molar-refractivity contribution in [3.05, 3.63) is 89.1 Å². The molecule has 28 heavy (non-hydrogen) atoms. The van der Waals surface area contributed by atoms with E-state index in [1.54, 1.807) is 22.7 Å². The fourth-order valence-corrected chi connectivity index (χ4v) is 4.83. The number of hydrogen-bond acceptors (Lipinski definition) is 4. The predicted molar refractivity (Wildman–Crippen MR) is 116 cm³/mol. The molecule has 0 bridgehead atoms. The quantitative estimate of drug-likeness (QED) is 0.399. The van der Waals surface area contributed by atoms with Gasteiger partial charge in [-0.3, -0.25) is 9.20 Å². The van der Waals surface area contributed by atoms with E-state index in [9.17, 15) is 4.79 Å². The number of thiophene rings is 1. The van der Waals surface area contributed by atoms with Gasteiger partial charge in [-0.15, -0.1) is 22.7 Å². The van der Waals surface area contributed by atoms with Gasteiger partial charge in [0.25, 0.3) is 5.91 Å². The van der Waals surface area contributed by atoms with Gasteiger partial charge >= 0.3 is 0 Å². The van der Waals surface area contributed by atoms with Crippen LogP contribution in [0.5, 0.6) is 0 Å². The number of benzene rings is 2. The number of imidazole rings is 1. The van der Waals surface area contributed by atoms with E-state index in [2.05, 4.69) is 22.1 Å². The van der Waals surface area contributed by atoms with Crippen LogP contribution in [-0.2, 0) is 0 Å². The Morgan fingerprint density at radius 2 is 1.64 bits per heavy atom. The van der Waals surface area contributed by atoms with E-state index < -0.39 is 0 Å². The van der Waals surface area contributed by atoms with E-state index in [0.29, 0.717) is 11.4 Å². The molecular formula is C22H15N3OS2. The number of carbonyl (C=O) groups excluding carboxylic acids is 1. The molecule has 136 valence electrons. The molecule has 3 heterocycles. The molecule has 5 rings (SSSR count). The van der Waals surface area contributed by atoms with Crippen molar-refractivity contribution in [3.8, 4) is 21.8 Å². The number of rotatable bonds is 4. The third-order valence-electron chi connectivity index (χ3n) is 4.45. The highest BCUT2D eigenvalue weighted by Crippen LogP contribution is 2.37. The minimum atomic E-state index is -0.150. The Kier molecular flexibility index (Phi) is 4.27. The van der Waals surface area contributed by atoms with Gasteiger partial charge in [0.15, 0.2) is 4.96 Å². The molecule has 0 aliphatic carbocycles. The molecule has 0 saturated carbocycles. The molecule has 0 saturated heterocycles. The second-order valence-electron chi connectivity index (χ2n) is 6.21. The highest BCUT2D eigenvalue weighted by molar-refractivity contribution is 7.17. The van der Waals surface area contributed by atoms with Crippen LogP contribution in [0.3, 0.4) is 0 Å². The molecule has 0 radical (unpaired) electrons. The summed E-state index contributed by atoms with van der Waals surface area (Å²) in [5, 5.41) is 7.25. The van der Waals surface area contributed by atoms with E-state index in [0.717, 1.165) is 26.8 Å². The van der Waals surface area contributed by atoms with Gasteiger partial charge in [-0.1, -0.05) is 54.6 Å². The van der Waals surface area contributed by atoms with Crippen molar-refractivity contribution < 1.29 is 4.79 Å². The maximum absolute atomic E-state index is 12.9. The number of carbonyl (C=O) groups is 1. The Hall–Kier alpha value is -3.22. The molecule has 0 fully saturated rings. The SMILES string of the molecule is O=C(Nc1c(-c2ccccc2)nc2scc(-c3cccs3)n12)c1ccccc1. The Labute approximate surface area is 169 Å². The number of thiazole rings is 1. The molecule has 3 aromatic heterocycles. The highest BCUT2D eigenvalue weighted by atomic mass is 32.1. The summed E-state index contributed by atoms with van der Waals surface area (Å²) in [7, 11) is 0. The standard InChI is InChI=1S/C22H15N3OS2/c26-21(16-10-5-2-6-11-16)24-20-19(15-8-3-1-4-9-15)23-22-25(20)17(14-28-22)18-12-7-13-27-18/h1-14H,(H,24,26). The molecule has 1 amide bonds. The van der Waals surface area contributed by atoms with Crippen molar-refractivity contribution in [2.24, 2.45) is 0 Å². The van der Waals surface area contributed by atoms with Crippen LogP contribution in [0.25, 0.3) is 26.8 Å². The fourth-order valence-electron chi connectivity index (χ4n) is 3.14. The minimum absolute atomic E-state index is 0.150. The van der Waals surface area contributed by atoms with Crippen LogP contribution >= 0.6 is 22.7 Å². The molecule has 0 aliphatic rings. The van der Waals surface area contributed by atoms with Crippen LogP contribution < -0.4 is 5.32 Å². The van der Waals surface area contributed by atoms with Gasteiger partial charge in [-0.2, -0.15) is 0 Å². The van der Waals surface area contributed by atoms with E-state index in [1.807, 2.05) is 71.1 Å². The lowest BCUT2D eigenvalue weighted by Crippen LogP contribution is -2.14. The summed E-state index contributed by atoms with van der Waals surface area (Å²) in [6.45, 7) is 0. The van der Waals surface area contributed by atoms with E-state index in [-0.39, 0.29) is 5.91 Å². The van der Waals surface area contributed by atoms with Crippen molar-refractivity contribution in [2.75, 3.05) is 5.32 Å². The van der Waals surface area contributed by atoms with Gasteiger partial charge in [0.05, 0.1) is 10.6 Å². The lowest BCUT2D eigenvalue weighted by Gasteiger charge is -2.09. The second-order valence-corrected chi connectivity index (χ2v) is 8.00. The predicted octanol–water partition coefficient (Wildman–Crippen LogP) is 6.04. The zero-order chi connectivity index (χ0) is 18.9. The van der Waals surface area contributed by atoms with E-state index in [1.165, 1.54) is 0 Å². The maximum atomic E-state index is 12.9. The lowest BCUT2D eigenvalue weighted by molar-refractivity contribution is 0.102. The Balaban J connectivity index is 1.69. The molecule has 0 aliphatic heterocycles. The van der Waals surface area contributed by atoms with E-state index >= 15 is 0 Å². The first kappa shape index (κ1) is 16.9. The monoisotopic (exact) mass is 401 g/mol. The highest BCUT2D eigenvalue weighted by Gasteiger charge is 2.21. The molecule has 4 nitrogen and oxygen atoms in total.